The van der Waals surface area contributed by atoms with Crippen molar-refractivity contribution in [3.8, 4) is 6.07 Å². The Hall–Kier alpha value is -2.31. The van der Waals surface area contributed by atoms with Gasteiger partial charge in [0.25, 0.3) is 11.1 Å². The van der Waals surface area contributed by atoms with Gasteiger partial charge in [0.1, 0.15) is 11.6 Å². The highest BCUT2D eigenvalue weighted by Gasteiger charge is 2.28. The van der Waals surface area contributed by atoms with Crippen LogP contribution in [0.2, 0.25) is 0 Å². The number of nitriles is 1. The summed E-state index contributed by atoms with van der Waals surface area (Å²) in [6.07, 6.45) is 1.27. The van der Waals surface area contributed by atoms with E-state index in [0.717, 1.165) is 21.1 Å². The largest absolute Gasteiger partial charge is 0.388 e. The highest BCUT2D eigenvalue weighted by molar-refractivity contribution is 9.10. The molecule has 0 atom stereocenters. The van der Waals surface area contributed by atoms with Gasteiger partial charge in [-0.15, -0.1) is 0 Å². The zero-order valence-electron chi connectivity index (χ0n) is 12.4. The Morgan fingerprint density at radius 1 is 1.38 bits per heavy atom. The van der Waals surface area contributed by atoms with Gasteiger partial charge in [0, 0.05) is 29.4 Å². The molecule has 0 bridgehead atoms. The molecule has 0 aliphatic carbocycles. The second-order valence-corrected chi connectivity index (χ2v) is 6.53. The number of amides is 3. The van der Waals surface area contributed by atoms with E-state index in [1.54, 1.807) is 30.3 Å². The zero-order chi connectivity index (χ0) is 17.5. The number of carbonyl (C=O) groups is 3. The normalized spacial score (nSPS) is 14.5. The smallest absolute Gasteiger partial charge is 0.288 e. The Morgan fingerprint density at radius 3 is 2.67 bits per heavy atom. The fourth-order valence-electron chi connectivity index (χ4n) is 1.83. The van der Waals surface area contributed by atoms with E-state index in [1.807, 2.05) is 0 Å². The fourth-order valence-corrected chi connectivity index (χ4v) is 2.84. The first-order chi connectivity index (χ1) is 11.5. The van der Waals surface area contributed by atoms with Crippen molar-refractivity contribution in [3.05, 3.63) is 40.5 Å². The van der Waals surface area contributed by atoms with Gasteiger partial charge in [-0.25, -0.2) is 0 Å². The zero-order valence-corrected chi connectivity index (χ0v) is 14.8. The average molecular weight is 409 g/mol. The number of hydrogen-bond donors (Lipinski definition) is 2. The van der Waals surface area contributed by atoms with Gasteiger partial charge in [0.2, 0.25) is 5.91 Å². The summed E-state index contributed by atoms with van der Waals surface area (Å²) in [6, 6.07) is 8.75. The summed E-state index contributed by atoms with van der Waals surface area (Å²) in [6.45, 7) is 0.447. The maximum Gasteiger partial charge on any atom is 0.288 e. The summed E-state index contributed by atoms with van der Waals surface area (Å²) in [5, 5.41) is 14.2. The molecule has 124 valence electrons. The summed E-state index contributed by atoms with van der Waals surface area (Å²) in [5.41, 5.74) is 0.459. The summed E-state index contributed by atoms with van der Waals surface area (Å²) in [7, 11) is 0. The molecule has 2 N–H and O–H groups in total. The Labute approximate surface area is 151 Å². The highest BCUT2D eigenvalue weighted by Crippen LogP contribution is 2.17. The molecular formula is C15H13BrN4O3S. The molecule has 1 aromatic rings. The maximum atomic E-state index is 12.0. The molecule has 0 radical (unpaired) electrons. The molecule has 1 aliphatic rings. The second kappa shape index (κ2) is 8.52. The van der Waals surface area contributed by atoms with E-state index >= 15 is 0 Å². The molecule has 9 heteroatoms. The third kappa shape index (κ3) is 4.84. The number of carbonyl (C=O) groups excluding carboxylic acids is 3. The summed E-state index contributed by atoms with van der Waals surface area (Å²) in [4.78, 5) is 36.0. The maximum absolute atomic E-state index is 12.0. The van der Waals surface area contributed by atoms with Crippen molar-refractivity contribution < 1.29 is 14.4 Å². The van der Waals surface area contributed by atoms with Crippen LogP contribution in [0.15, 0.2) is 40.5 Å². The summed E-state index contributed by atoms with van der Waals surface area (Å²) < 4.78 is 0.877. The third-order valence-corrected chi connectivity index (χ3v) is 4.42. The van der Waals surface area contributed by atoms with Crippen molar-refractivity contribution in [1.29, 1.82) is 5.26 Å². The number of imide groups is 1. The first kappa shape index (κ1) is 18.0. The Bertz CT molecular complexity index is 711. The van der Waals surface area contributed by atoms with E-state index in [1.165, 1.54) is 6.20 Å². The summed E-state index contributed by atoms with van der Waals surface area (Å²) in [5.74, 6) is -0.617. The Kier molecular flexibility index (Phi) is 6.40. The van der Waals surface area contributed by atoms with Crippen molar-refractivity contribution in [1.82, 2.24) is 10.2 Å². The first-order valence-electron chi connectivity index (χ1n) is 6.89. The van der Waals surface area contributed by atoms with Crippen LogP contribution in [0.4, 0.5) is 10.5 Å². The minimum Gasteiger partial charge on any atom is -0.388 e. The molecule has 24 heavy (non-hydrogen) atoms. The van der Waals surface area contributed by atoms with Crippen LogP contribution in [0, 0.1) is 11.3 Å². The van der Waals surface area contributed by atoms with E-state index in [0.29, 0.717) is 5.69 Å². The van der Waals surface area contributed by atoms with Crippen molar-refractivity contribution in [2.75, 3.05) is 24.2 Å². The van der Waals surface area contributed by atoms with Crippen molar-refractivity contribution in [2.45, 2.75) is 0 Å². The molecule has 7 nitrogen and oxygen atoms in total. The Morgan fingerprint density at radius 2 is 2.08 bits per heavy atom. The standard InChI is InChI=1S/C15H13BrN4O3S/c16-11-1-3-12(4-2-11)19-14(22)10(7-17)8-18-5-6-20-13(21)9-24-15(20)23/h1-4,8,18H,5-6,9H2,(H,19,22)/b10-8-. The number of rotatable bonds is 6. The van der Waals surface area contributed by atoms with Crippen molar-refractivity contribution in [3.63, 3.8) is 0 Å². The van der Waals surface area contributed by atoms with Gasteiger partial charge in [-0.1, -0.05) is 27.7 Å². The SMILES string of the molecule is N#C/C(=C/NCCN1C(=O)CSC1=O)C(=O)Nc1ccc(Br)cc1. The van der Waals surface area contributed by atoms with E-state index in [2.05, 4.69) is 26.6 Å². The van der Waals surface area contributed by atoms with Gasteiger partial charge in [-0.05, 0) is 24.3 Å². The van der Waals surface area contributed by atoms with Crippen LogP contribution in [-0.4, -0.2) is 40.8 Å². The predicted molar refractivity (Wildman–Crippen MR) is 94.0 cm³/mol. The number of anilines is 1. The molecule has 0 spiro atoms. The van der Waals surface area contributed by atoms with Crippen LogP contribution in [-0.2, 0) is 9.59 Å². The monoisotopic (exact) mass is 408 g/mol. The third-order valence-electron chi connectivity index (χ3n) is 3.03. The number of nitrogens with zero attached hydrogens (tertiary/aromatic N) is 2. The quantitative estimate of drug-likeness (QED) is 0.424. The molecule has 2 rings (SSSR count). The van der Waals surface area contributed by atoms with Gasteiger partial charge in [0.05, 0.1) is 5.75 Å². The second-order valence-electron chi connectivity index (χ2n) is 4.68. The lowest BCUT2D eigenvalue weighted by Gasteiger charge is -2.12. The van der Waals surface area contributed by atoms with Gasteiger partial charge < -0.3 is 10.6 Å². The number of benzene rings is 1. The average Bonchev–Trinajstić information content (AvgIpc) is 2.88. The first-order valence-corrected chi connectivity index (χ1v) is 8.67. The van der Waals surface area contributed by atoms with Crippen molar-refractivity contribution in [2.24, 2.45) is 0 Å². The minimum absolute atomic E-state index is 0.105. The molecule has 3 amide bonds. The molecule has 1 saturated heterocycles. The molecule has 1 fully saturated rings. The highest BCUT2D eigenvalue weighted by atomic mass is 79.9. The molecule has 1 heterocycles. The lowest BCUT2D eigenvalue weighted by molar-refractivity contribution is -0.124. The predicted octanol–water partition coefficient (Wildman–Crippen LogP) is 2.08. The number of hydrogen-bond acceptors (Lipinski definition) is 6. The lowest BCUT2D eigenvalue weighted by Crippen LogP contribution is -2.34. The van der Waals surface area contributed by atoms with Crippen LogP contribution in [0.3, 0.4) is 0 Å². The molecule has 0 saturated carbocycles. The van der Waals surface area contributed by atoms with Gasteiger partial charge in [-0.2, -0.15) is 5.26 Å². The number of nitrogens with one attached hydrogen (secondary N) is 2. The van der Waals surface area contributed by atoms with Gasteiger partial charge >= 0.3 is 0 Å². The van der Waals surface area contributed by atoms with E-state index < -0.39 is 5.91 Å². The molecule has 0 unspecified atom stereocenters. The van der Waals surface area contributed by atoms with Gasteiger partial charge in [0.15, 0.2) is 0 Å². The number of thioether (sulfide) groups is 1. The topological polar surface area (TPSA) is 102 Å². The van der Waals surface area contributed by atoms with Gasteiger partial charge in [-0.3, -0.25) is 19.3 Å². The van der Waals surface area contributed by atoms with Crippen LogP contribution in [0.25, 0.3) is 0 Å². The van der Waals surface area contributed by atoms with Crippen LogP contribution >= 0.6 is 27.7 Å². The van der Waals surface area contributed by atoms with Crippen LogP contribution < -0.4 is 10.6 Å². The molecular weight excluding hydrogens is 396 g/mol. The van der Waals surface area contributed by atoms with Crippen molar-refractivity contribution >= 4 is 50.4 Å². The van der Waals surface area contributed by atoms with E-state index in [-0.39, 0.29) is 35.6 Å². The summed E-state index contributed by atoms with van der Waals surface area (Å²) >= 11 is 4.26. The van der Waals surface area contributed by atoms with Crippen LogP contribution in [0.5, 0.6) is 0 Å². The fraction of sp³-hybridized carbons (Fsp3) is 0.200. The lowest BCUT2D eigenvalue weighted by atomic mass is 10.2. The number of halogens is 1. The van der Waals surface area contributed by atoms with E-state index in [4.69, 9.17) is 5.26 Å². The molecule has 1 aromatic carbocycles. The minimum atomic E-state index is -0.545. The van der Waals surface area contributed by atoms with Crippen LogP contribution in [0.1, 0.15) is 0 Å². The van der Waals surface area contributed by atoms with E-state index in [9.17, 15) is 14.4 Å². The molecule has 0 aromatic heterocycles. The molecule has 1 aliphatic heterocycles. The Balaban J connectivity index is 1.86.